The second-order valence-corrected chi connectivity index (χ2v) is 8.85. The predicted octanol–water partition coefficient (Wildman–Crippen LogP) is 3.52. The van der Waals surface area contributed by atoms with E-state index in [0.29, 0.717) is 0 Å². The number of nitrogens with zero attached hydrogens (tertiary/aromatic N) is 2. The van der Waals surface area contributed by atoms with Gasteiger partial charge in [0.25, 0.3) is 0 Å². The Labute approximate surface area is 172 Å². The van der Waals surface area contributed by atoms with Gasteiger partial charge in [0.05, 0.1) is 10.7 Å². The van der Waals surface area contributed by atoms with Crippen LogP contribution in [0.1, 0.15) is 39.5 Å². The van der Waals surface area contributed by atoms with Crippen molar-refractivity contribution in [2.24, 2.45) is 4.99 Å². The number of hydrogen-bond acceptors (Lipinski definition) is 4. The molecule has 0 unspecified atom stereocenters. The van der Waals surface area contributed by atoms with Crippen molar-refractivity contribution >= 4 is 17.3 Å². The number of benzene rings is 1. The minimum atomic E-state index is 0.0880. The highest BCUT2D eigenvalue weighted by Crippen LogP contribution is 2.36. The SMILES string of the molecule is CN=C(NCCc1nc(C)c(C)s1)NCC1(c2ccccc2C)CCOCC1. The molecule has 6 heteroatoms. The minimum Gasteiger partial charge on any atom is -0.381 e. The molecule has 0 amide bonds. The second kappa shape index (κ2) is 9.52. The number of aromatic nitrogens is 1. The Bertz CT molecular complexity index is 789. The van der Waals surface area contributed by atoms with E-state index in [2.05, 4.69) is 65.6 Å². The van der Waals surface area contributed by atoms with Crippen LogP contribution in [-0.2, 0) is 16.6 Å². The molecule has 1 aromatic carbocycles. The fourth-order valence-electron chi connectivity index (χ4n) is 3.88. The van der Waals surface area contributed by atoms with Gasteiger partial charge in [-0.3, -0.25) is 4.99 Å². The third kappa shape index (κ3) is 4.92. The Morgan fingerprint density at radius 1 is 1.18 bits per heavy atom. The maximum Gasteiger partial charge on any atom is 0.191 e. The average molecular weight is 401 g/mol. The molecule has 2 aromatic rings. The average Bonchev–Trinajstić information content (AvgIpc) is 3.03. The smallest absolute Gasteiger partial charge is 0.191 e. The van der Waals surface area contributed by atoms with Gasteiger partial charge in [-0.15, -0.1) is 11.3 Å². The minimum absolute atomic E-state index is 0.0880. The van der Waals surface area contributed by atoms with Crippen molar-refractivity contribution in [3.05, 3.63) is 51.0 Å². The van der Waals surface area contributed by atoms with Crippen LogP contribution in [0.15, 0.2) is 29.3 Å². The summed E-state index contributed by atoms with van der Waals surface area (Å²) in [6, 6.07) is 8.73. The van der Waals surface area contributed by atoms with E-state index >= 15 is 0 Å². The summed E-state index contributed by atoms with van der Waals surface area (Å²) in [6.45, 7) is 9.71. The van der Waals surface area contributed by atoms with E-state index in [9.17, 15) is 0 Å². The molecule has 1 fully saturated rings. The summed E-state index contributed by atoms with van der Waals surface area (Å²) < 4.78 is 5.67. The molecule has 28 heavy (non-hydrogen) atoms. The summed E-state index contributed by atoms with van der Waals surface area (Å²) >= 11 is 1.78. The van der Waals surface area contributed by atoms with E-state index in [1.54, 1.807) is 11.3 Å². The van der Waals surface area contributed by atoms with E-state index in [0.717, 1.165) is 57.2 Å². The van der Waals surface area contributed by atoms with Gasteiger partial charge in [0.1, 0.15) is 0 Å². The molecule has 152 valence electrons. The molecule has 0 aliphatic carbocycles. The maximum atomic E-state index is 5.67. The molecule has 1 saturated heterocycles. The van der Waals surface area contributed by atoms with Crippen LogP contribution in [-0.4, -0.2) is 44.3 Å². The van der Waals surface area contributed by atoms with Gasteiger partial charge in [0.2, 0.25) is 0 Å². The van der Waals surface area contributed by atoms with Crippen molar-refractivity contribution in [1.82, 2.24) is 15.6 Å². The highest BCUT2D eigenvalue weighted by molar-refractivity contribution is 7.11. The zero-order valence-corrected chi connectivity index (χ0v) is 18.3. The summed E-state index contributed by atoms with van der Waals surface area (Å²) in [4.78, 5) is 10.3. The van der Waals surface area contributed by atoms with Gasteiger partial charge in [-0.1, -0.05) is 24.3 Å². The highest BCUT2D eigenvalue weighted by atomic mass is 32.1. The molecule has 1 aliphatic rings. The zero-order chi connectivity index (χ0) is 20.0. The Hall–Kier alpha value is -1.92. The topological polar surface area (TPSA) is 58.5 Å². The number of thiazole rings is 1. The molecular formula is C22H32N4OS. The van der Waals surface area contributed by atoms with Gasteiger partial charge in [0.15, 0.2) is 5.96 Å². The number of hydrogen-bond donors (Lipinski definition) is 2. The second-order valence-electron chi connectivity index (χ2n) is 7.56. The molecule has 0 bridgehead atoms. The Morgan fingerprint density at radius 2 is 1.93 bits per heavy atom. The van der Waals surface area contributed by atoms with E-state index in [4.69, 9.17) is 4.74 Å². The van der Waals surface area contributed by atoms with Crippen molar-refractivity contribution in [2.45, 2.75) is 45.4 Å². The Kier molecular flexibility index (Phi) is 7.08. The first-order chi connectivity index (χ1) is 13.5. The van der Waals surface area contributed by atoms with Gasteiger partial charge < -0.3 is 15.4 Å². The summed E-state index contributed by atoms with van der Waals surface area (Å²) in [7, 11) is 1.83. The van der Waals surface area contributed by atoms with E-state index in [-0.39, 0.29) is 5.41 Å². The molecule has 0 spiro atoms. The summed E-state index contributed by atoms with van der Waals surface area (Å²) in [5.41, 5.74) is 4.01. The molecule has 2 heterocycles. The Morgan fingerprint density at radius 3 is 2.57 bits per heavy atom. The normalized spacial score (nSPS) is 16.8. The lowest BCUT2D eigenvalue weighted by Gasteiger charge is -2.39. The third-order valence-corrected chi connectivity index (χ3v) is 6.82. The van der Waals surface area contributed by atoms with E-state index in [1.165, 1.54) is 21.0 Å². The maximum absolute atomic E-state index is 5.67. The molecule has 0 saturated carbocycles. The lowest BCUT2D eigenvalue weighted by molar-refractivity contribution is 0.0512. The summed E-state index contributed by atoms with van der Waals surface area (Å²) in [5.74, 6) is 0.851. The van der Waals surface area contributed by atoms with Gasteiger partial charge in [-0.05, 0) is 44.7 Å². The molecule has 3 rings (SSSR count). The van der Waals surface area contributed by atoms with Crippen LogP contribution in [0.5, 0.6) is 0 Å². The van der Waals surface area contributed by atoms with Gasteiger partial charge in [0, 0.05) is 50.1 Å². The zero-order valence-electron chi connectivity index (χ0n) is 17.5. The van der Waals surface area contributed by atoms with Crippen LogP contribution in [0.3, 0.4) is 0 Å². The van der Waals surface area contributed by atoms with Crippen molar-refractivity contribution in [2.75, 3.05) is 33.4 Å². The molecule has 1 aromatic heterocycles. The molecule has 0 atom stereocenters. The number of guanidine groups is 1. The third-order valence-electron chi connectivity index (χ3n) is 5.69. The fraction of sp³-hybridized carbons (Fsp3) is 0.545. The molecule has 5 nitrogen and oxygen atoms in total. The predicted molar refractivity (Wildman–Crippen MR) is 118 cm³/mol. The fourth-order valence-corrected chi connectivity index (χ4v) is 4.81. The largest absolute Gasteiger partial charge is 0.381 e. The lowest BCUT2D eigenvalue weighted by atomic mass is 9.72. The lowest BCUT2D eigenvalue weighted by Crippen LogP contribution is -2.48. The van der Waals surface area contributed by atoms with Crippen LogP contribution in [0.4, 0.5) is 0 Å². The van der Waals surface area contributed by atoms with Crippen molar-refractivity contribution in [3.63, 3.8) is 0 Å². The number of aliphatic imine (C=N–C) groups is 1. The quantitative estimate of drug-likeness (QED) is 0.575. The van der Waals surface area contributed by atoms with Crippen LogP contribution < -0.4 is 10.6 Å². The molecule has 0 radical (unpaired) electrons. The van der Waals surface area contributed by atoms with Gasteiger partial charge >= 0.3 is 0 Å². The first kappa shape index (κ1) is 20.8. The van der Waals surface area contributed by atoms with Gasteiger partial charge in [-0.25, -0.2) is 4.98 Å². The van der Waals surface area contributed by atoms with Crippen molar-refractivity contribution in [1.29, 1.82) is 0 Å². The van der Waals surface area contributed by atoms with Crippen molar-refractivity contribution < 1.29 is 4.74 Å². The van der Waals surface area contributed by atoms with E-state index < -0.39 is 0 Å². The first-order valence-electron chi connectivity index (χ1n) is 10.1. The van der Waals surface area contributed by atoms with Gasteiger partial charge in [-0.2, -0.15) is 0 Å². The summed E-state index contributed by atoms with van der Waals surface area (Å²) in [5, 5.41) is 8.20. The summed E-state index contributed by atoms with van der Waals surface area (Å²) in [6.07, 6.45) is 2.97. The number of aryl methyl sites for hydroxylation is 3. The van der Waals surface area contributed by atoms with Crippen LogP contribution in [0, 0.1) is 20.8 Å². The Balaban J connectivity index is 1.60. The highest BCUT2D eigenvalue weighted by Gasteiger charge is 2.35. The van der Waals surface area contributed by atoms with Crippen molar-refractivity contribution in [3.8, 4) is 0 Å². The molecule has 2 N–H and O–H groups in total. The first-order valence-corrected chi connectivity index (χ1v) is 10.9. The van der Waals surface area contributed by atoms with Crippen LogP contribution in [0.2, 0.25) is 0 Å². The number of rotatable bonds is 6. The monoisotopic (exact) mass is 400 g/mol. The van der Waals surface area contributed by atoms with Crippen LogP contribution >= 0.6 is 11.3 Å². The van der Waals surface area contributed by atoms with E-state index in [1.807, 2.05) is 7.05 Å². The standard InChI is InChI=1S/C22H32N4OS/c1-16-7-5-6-8-19(16)22(10-13-27-14-11-22)15-25-21(23-4)24-12-9-20-26-17(2)18(3)28-20/h5-8H,9-15H2,1-4H3,(H2,23,24,25). The number of nitrogens with one attached hydrogen (secondary N) is 2. The van der Waals surface area contributed by atoms with Crippen LogP contribution in [0.25, 0.3) is 0 Å². The molecular weight excluding hydrogens is 368 g/mol. The number of ether oxygens (including phenoxy) is 1. The molecule has 1 aliphatic heterocycles.